The second kappa shape index (κ2) is 10.3. The molecule has 1 heterocycles. The third kappa shape index (κ3) is 5.32. The zero-order valence-corrected chi connectivity index (χ0v) is 21.7. The summed E-state index contributed by atoms with van der Waals surface area (Å²) in [6, 6.07) is 17.5. The molecular formula is C27H29N3O3S2. The van der Waals surface area contributed by atoms with E-state index in [9.17, 15) is 18.5 Å². The molecule has 0 saturated heterocycles. The van der Waals surface area contributed by atoms with Gasteiger partial charge in [0, 0.05) is 23.0 Å². The van der Waals surface area contributed by atoms with E-state index in [1.54, 1.807) is 0 Å². The van der Waals surface area contributed by atoms with Crippen LogP contribution in [-0.4, -0.2) is 24.7 Å². The number of sulfonamides is 1. The van der Waals surface area contributed by atoms with Gasteiger partial charge in [-0.25, -0.2) is 8.42 Å². The highest BCUT2D eigenvalue weighted by atomic mass is 32.2. The van der Waals surface area contributed by atoms with E-state index in [0.29, 0.717) is 22.0 Å². The molecule has 1 aliphatic carbocycles. The van der Waals surface area contributed by atoms with Gasteiger partial charge in [-0.15, -0.1) is 11.3 Å². The van der Waals surface area contributed by atoms with Crippen molar-refractivity contribution in [3.8, 4) is 6.07 Å². The first kappa shape index (κ1) is 25.1. The summed E-state index contributed by atoms with van der Waals surface area (Å²) in [7, 11) is -3.76. The van der Waals surface area contributed by atoms with Gasteiger partial charge in [-0.2, -0.15) is 9.57 Å². The number of nitrogens with zero attached hydrogens (tertiary/aromatic N) is 2. The molecule has 0 spiro atoms. The fraction of sp³-hybridized carbons (Fsp3) is 0.333. The van der Waals surface area contributed by atoms with Gasteiger partial charge in [0.1, 0.15) is 11.1 Å². The Balaban J connectivity index is 1.53. The van der Waals surface area contributed by atoms with E-state index >= 15 is 0 Å². The quantitative estimate of drug-likeness (QED) is 0.451. The average Bonchev–Trinajstić information content (AvgIpc) is 3.18. The molecule has 4 rings (SSSR count). The number of hydrogen-bond donors (Lipinski definition) is 1. The van der Waals surface area contributed by atoms with Crippen molar-refractivity contribution in [3.63, 3.8) is 0 Å². The highest BCUT2D eigenvalue weighted by Crippen LogP contribution is 2.39. The van der Waals surface area contributed by atoms with Crippen LogP contribution in [0.4, 0.5) is 5.00 Å². The second-order valence-electron chi connectivity index (χ2n) is 9.28. The van der Waals surface area contributed by atoms with Crippen LogP contribution in [0.5, 0.6) is 0 Å². The van der Waals surface area contributed by atoms with Crippen molar-refractivity contribution in [2.24, 2.45) is 5.92 Å². The Morgan fingerprint density at radius 1 is 1.17 bits per heavy atom. The van der Waals surface area contributed by atoms with Crippen LogP contribution in [0.3, 0.4) is 0 Å². The number of nitriles is 1. The van der Waals surface area contributed by atoms with E-state index in [0.717, 1.165) is 30.4 Å². The number of rotatable bonds is 7. The fourth-order valence-electron chi connectivity index (χ4n) is 4.35. The van der Waals surface area contributed by atoms with Gasteiger partial charge in [0.15, 0.2) is 0 Å². The van der Waals surface area contributed by atoms with Crippen molar-refractivity contribution in [2.45, 2.75) is 57.5 Å². The summed E-state index contributed by atoms with van der Waals surface area (Å²) in [5, 5.41) is 13.1. The van der Waals surface area contributed by atoms with Crippen LogP contribution >= 0.6 is 11.3 Å². The molecule has 0 radical (unpaired) electrons. The van der Waals surface area contributed by atoms with E-state index in [2.05, 4.69) is 18.3 Å². The smallest absolute Gasteiger partial charge is 0.256 e. The summed E-state index contributed by atoms with van der Waals surface area (Å²) >= 11 is 1.47. The molecule has 3 aromatic rings. The number of fused-ring (bicyclic) bond motifs is 1. The standard InChI is InChI=1S/C27H29N3O3S2/c1-18(2)30(17-20-7-5-4-6-8-20)35(32,33)22-12-10-21(11-13-22)26(31)29-27-24(16-28)23-14-9-19(3)15-25(23)34-27/h4-8,10-13,18-19H,9,14-15,17H2,1-3H3,(H,29,31). The SMILES string of the molecule is CC1CCc2c(sc(NC(=O)c3ccc(S(=O)(=O)N(Cc4ccccc4)C(C)C)cc3)c2C#N)C1. The van der Waals surface area contributed by atoms with Gasteiger partial charge in [-0.05, 0) is 74.4 Å². The van der Waals surface area contributed by atoms with Gasteiger partial charge < -0.3 is 5.32 Å². The molecule has 6 nitrogen and oxygen atoms in total. The van der Waals surface area contributed by atoms with Crippen LogP contribution in [0, 0.1) is 17.2 Å². The lowest BCUT2D eigenvalue weighted by Gasteiger charge is -2.26. The first-order valence-corrected chi connectivity index (χ1v) is 14.0. The molecule has 182 valence electrons. The number of carbonyl (C=O) groups excluding carboxylic acids is 1. The normalized spacial score (nSPS) is 15.6. The molecule has 0 saturated carbocycles. The van der Waals surface area contributed by atoms with Crippen molar-refractivity contribution in [3.05, 3.63) is 81.7 Å². The Morgan fingerprint density at radius 2 is 1.86 bits per heavy atom. The van der Waals surface area contributed by atoms with Crippen LogP contribution in [0.2, 0.25) is 0 Å². The predicted molar refractivity (Wildman–Crippen MR) is 139 cm³/mol. The Kier molecular flexibility index (Phi) is 7.41. The first-order valence-electron chi connectivity index (χ1n) is 11.7. The number of hydrogen-bond acceptors (Lipinski definition) is 5. The monoisotopic (exact) mass is 507 g/mol. The maximum absolute atomic E-state index is 13.4. The Labute approximate surface area is 211 Å². The lowest BCUT2D eigenvalue weighted by Crippen LogP contribution is -2.36. The summed E-state index contributed by atoms with van der Waals surface area (Å²) in [6.07, 6.45) is 2.82. The number of nitrogens with one attached hydrogen (secondary N) is 1. The van der Waals surface area contributed by atoms with Gasteiger partial charge in [0.25, 0.3) is 5.91 Å². The molecule has 2 aromatic carbocycles. The minimum absolute atomic E-state index is 0.136. The van der Waals surface area contributed by atoms with Gasteiger partial charge in [-0.3, -0.25) is 4.79 Å². The van der Waals surface area contributed by atoms with Crippen molar-refractivity contribution in [1.82, 2.24) is 4.31 Å². The molecule has 1 aliphatic rings. The topological polar surface area (TPSA) is 90.3 Å². The maximum atomic E-state index is 13.4. The van der Waals surface area contributed by atoms with Crippen LogP contribution < -0.4 is 5.32 Å². The van der Waals surface area contributed by atoms with Gasteiger partial charge in [0.05, 0.1) is 10.5 Å². The minimum Gasteiger partial charge on any atom is -0.312 e. The van der Waals surface area contributed by atoms with Gasteiger partial charge >= 0.3 is 0 Å². The second-order valence-corrected chi connectivity index (χ2v) is 12.3. The molecule has 0 bridgehead atoms. The van der Waals surface area contributed by atoms with E-state index in [4.69, 9.17) is 0 Å². The van der Waals surface area contributed by atoms with E-state index in [1.165, 1.54) is 44.8 Å². The molecule has 1 atom stereocenters. The van der Waals surface area contributed by atoms with Crippen molar-refractivity contribution >= 4 is 32.3 Å². The summed E-state index contributed by atoms with van der Waals surface area (Å²) in [4.78, 5) is 14.2. The highest BCUT2D eigenvalue weighted by molar-refractivity contribution is 7.89. The lowest BCUT2D eigenvalue weighted by atomic mass is 9.88. The number of thiophene rings is 1. The van der Waals surface area contributed by atoms with E-state index < -0.39 is 10.0 Å². The van der Waals surface area contributed by atoms with Gasteiger partial charge in [0.2, 0.25) is 10.0 Å². The van der Waals surface area contributed by atoms with Crippen LogP contribution in [0.15, 0.2) is 59.5 Å². The molecule has 8 heteroatoms. The number of carbonyl (C=O) groups is 1. The van der Waals surface area contributed by atoms with Crippen LogP contribution in [0.1, 0.15) is 59.1 Å². The van der Waals surface area contributed by atoms with Crippen molar-refractivity contribution in [2.75, 3.05) is 5.32 Å². The average molecular weight is 508 g/mol. The van der Waals surface area contributed by atoms with Crippen molar-refractivity contribution < 1.29 is 13.2 Å². The van der Waals surface area contributed by atoms with E-state index in [-0.39, 0.29) is 23.4 Å². The Bertz CT molecular complexity index is 1360. The zero-order chi connectivity index (χ0) is 25.2. The van der Waals surface area contributed by atoms with Crippen LogP contribution in [-0.2, 0) is 29.4 Å². The Morgan fingerprint density at radius 3 is 2.49 bits per heavy atom. The predicted octanol–water partition coefficient (Wildman–Crippen LogP) is 5.60. The molecule has 1 aromatic heterocycles. The fourth-order valence-corrected chi connectivity index (χ4v) is 7.34. The number of benzene rings is 2. The maximum Gasteiger partial charge on any atom is 0.256 e. The number of anilines is 1. The third-order valence-corrected chi connectivity index (χ3v) is 9.54. The molecular weight excluding hydrogens is 478 g/mol. The molecule has 1 amide bonds. The molecule has 0 fully saturated rings. The van der Waals surface area contributed by atoms with E-state index in [1.807, 2.05) is 44.2 Å². The Hall–Kier alpha value is -2.99. The summed E-state index contributed by atoms with van der Waals surface area (Å²) < 4.78 is 28.2. The third-order valence-electron chi connectivity index (χ3n) is 6.33. The molecule has 35 heavy (non-hydrogen) atoms. The molecule has 0 aliphatic heterocycles. The minimum atomic E-state index is -3.76. The van der Waals surface area contributed by atoms with Gasteiger partial charge in [-0.1, -0.05) is 37.3 Å². The summed E-state index contributed by atoms with van der Waals surface area (Å²) in [6.45, 7) is 6.15. The summed E-state index contributed by atoms with van der Waals surface area (Å²) in [5.41, 5.74) is 2.85. The van der Waals surface area contributed by atoms with Crippen molar-refractivity contribution in [1.29, 1.82) is 5.26 Å². The zero-order valence-electron chi connectivity index (χ0n) is 20.1. The highest BCUT2D eigenvalue weighted by Gasteiger charge is 2.28. The number of amides is 1. The summed E-state index contributed by atoms with van der Waals surface area (Å²) in [5.74, 6) is 0.208. The molecule has 1 N–H and O–H groups in total. The largest absolute Gasteiger partial charge is 0.312 e. The first-order chi connectivity index (χ1) is 16.7. The van der Waals surface area contributed by atoms with Crippen LogP contribution in [0.25, 0.3) is 0 Å². The molecule has 1 unspecified atom stereocenters. The lowest BCUT2D eigenvalue weighted by molar-refractivity contribution is 0.102.